The van der Waals surface area contributed by atoms with Crippen molar-refractivity contribution >= 4 is 33.0 Å². The average molecular weight is 411 g/mol. The smallest absolute Gasteiger partial charge is 0.228 e. The summed E-state index contributed by atoms with van der Waals surface area (Å²) in [5.41, 5.74) is 0. The maximum Gasteiger partial charge on any atom is 0.390 e. The molecule has 0 bridgehead atoms. The summed E-state index contributed by atoms with van der Waals surface area (Å²) >= 11 is 10.7. The van der Waals surface area contributed by atoms with Gasteiger partial charge in [-0.15, -0.1) is 23.2 Å². The quantitative estimate of drug-likeness (QED) is 0.371. The summed E-state index contributed by atoms with van der Waals surface area (Å²) in [4.78, 5) is 0. The fourth-order valence-electron chi connectivity index (χ4n) is 2.16. The number of rotatable bonds is 10. The highest BCUT2D eigenvalue weighted by Crippen LogP contribution is 2.34. The molecule has 23 heavy (non-hydrogen) atoms. The molecule has 0 amide bonds. The van der Waals surface area contributed by atoms with Crippen LogP contribution in [-0.4, -0.2) is 43.0 Å². The molecule has 0 fully saturated rings. The van der Waals surface area contributed by atoms with Gasteiger partial charge in [0.05, 0.1) is 23.3 Å². The van der Waals surface area contributed by atoms with Gasteiger partial charge >= 0.3 is 12.4 Å². The van der Waals surface area contributed by atoms with E-state index in [1.165, 1.54) is 0 Å². The second kappa shape index (κ2) is 9.56. The lowest BCUT2D eigenvalue weighted by Crippen LogP contribution is -2.38. The molecule has 0 aliphatic rings. The van der Waals surface area contributed by atoms with Crippen LogP contribution in [0.2, 0.25) is 0 Å². The Kier molecular flexibility index (Phi) is 9.60. The van der Waals surface area contributed by atoms with Crippen LogP contribution < -0.4 is 0 Å². The van der Waals surface area contributed by atoms with Crippen LogP contribution in [0.15, 0.2) is 0 Å². The minimum atomic E-state index is -4.79. The standard InChI is InChI=1S/C12H18Cl2F6O2S/c13-5-1-3-9(7-11(15,16)17)23(21,22)10(4-2-6-14)8-12(18,19)20/h9-10H,1-8H2. The maximum absolute atomic E-state index is 12.6. The molecule has 0 saturated heterocycles. The monoisotopic (exact) mass is 410 g/mol. The molecule has 0 aliphatic heterocycles. The van der Waals surface area contributed by atoms with E-state index in [1.54, 1.807) is 0 Å². The van der Waals surface area contributed by atoms with E-state index in [0.717, 1.165) is 0 Å². The first-order valence-corrected chi connectivity index (χ1v) is 9.49. The van der Waals surface area contributed by atoms with Crippen LogP contribution in [0.3, 0.4) is 0 Å². The van der Waals surface area contributed by atoms with Crippen LogP contribution in [0.4, 0.5) is 26.3 Å². The van der Waals surface area contributed by atoms with E-state index in [1.807, 2.05) is 0 Å². The van der Waals surface area contributed by atoms with E-state index in [9.17, 15) is 34.8 Å². The van der Waals surface area contributed by atoms with Crippen molar-refractivity contribution < 1.29 is 34.8 Å². The zero-order valence-corrected chi connectivity index (χ0v) is 14.4. The lowest BCUT2D eigenvalue weighted by atomic mass is 10.2. The van der Waals surface area contributed by atoms with Crippen LogP contribution in [0.25, 0.3) is 0 Å². The summed E-state index contributed by atoms with van der Waals surface area (Å²) in [5, 5.41) is -3.85. The first-order chi connectivity index (χ1) is 10.3. The van der Waals surface area contributed by atoms with Crippen molar-refractivity contribution in [3.8, 4) is 0 Å². The summed E-state index contributed by atoms with van der Waals surface area (Å²) in [6.45, 7) is 0. The zero-order valence-electron chi connectivity index (χ0n) is 12.1. The fraction of sp³-hybridized carbons (Fsp3) is 1.00. The minimum Gasteiger partial charge on any atom is -0.228 e. The highest BCUT2D eigenvalue weighted by atomic mass is 35.5. The molecule has 0 spiro atoms. The highest BCUT2D eigenvalue weighted by molar-refractivity contribution is 7.92. The average Bonchev–Trinajstić information content (AvgIpc) is 2.36. The number of sulfone groups is 1. The Bertz CT molecular complexity index is 402. The molecule has 2 unspecified atom stereocenters. The van der Waals surface area contributed by atoms with Crippen LogP contribution in [0.5, 0.6) is 0 Å². The Balaban J connectivity index is 5.44. The van der Waals surface area contributed by atoms with Crippen LogP contribution >= 0.6 is 23.2 Å². The molecule has 140 valence electrons. The Hall–Kier alpha value is 0.110. The summed E-state index contributed by atoms with van der Waals surface area (Å²) in [6, 6.07) is 0. The normalized spacial score (nSPS) is 16.3. The molecule has 0 aromatic heterocycles. The van der Waals surface area contributed by atoms with E-state index in [0.29, 0.717) is 0 Å². The van der Waals surface area contributed by atoms with Gasteiger partial charge in [-0.25, -0.2) is 8.42 Å². The predicted molar refractivity (Wildman–Crippen MR) is 77.7 cm³/mol. The Morgan fingerprint density at radius 3 is 1.26 bits per heavy atom. The number of hydrogen-bond acceptors (Lipinski definition) is 2. The van der Waals surface area contributed by atoms with Crippen LogP contribution in [0.1, 0.15) is 38.5 Å². The zero-order chi connectivity index (χ0) is 18.3. The second-order valence-electron chi connectivity index (χ2n) is 5.13. The van der Waals surface area contributed by atoms with Crippen molar-refractivity contribution in [2.45, 2.75) is 61.4 Å². The Morgan fingerprint density at radius 1 is 0.739 bits per heavy atom. The van der Waals surface area contributed by atoms with Crippen molar-refractivity contribution in [3.63, 3.8) is 0 Å². The lowest BCUT2D eigenvalue weighted by molar-refractivity contribution is -0.135. The van der Waals surface area contributed by atoms with Gasteiger partial charge in [0.25, 0.3) is 0 Å². The van der Waals surface area contributed by atoms with Crippen molar-refractivity contribution in [1.29, 1.82) is 0 Å². The van der Waals surface area contributed by atoms with Gasteiger partial charge in [0.2, 0.25) is 0 Å². The van der Waals surface area contributed by atoms with Crippen molar-refractivity contribution in [3.05, 3.63) is 0 Å². The van der Waals surface area contributed by atoms with Gasteiger partial charge in [0.1, 0.15) is 0 Å². The molecular formula is C12H18Cl2F6O2S. The minimum absolute atomic E-state index is 0.0320. The molecule has 0 aromatic rings. The molecule has 0 rings (SSSR count). The molecule has 0 radical (unpaired) electrons. The van der Waals surface area contributed by atoms with Gasteiger partial charge in [-0.1, -0.05) is 0 Å². The molecule has 0 N–H and O–H groups in total. The largest absolute Gasteiger partial charge is 0.390 e. The van der Waals surface area contributed by atoms with Gasteiger partial charge in [-0.05, 0) is 25.7 Å². The third-order valence-corrected chi connectivity index (χ3v) is 6.36. The predicted octanol–water partition coefficient (Wildman–Crippen LogP) is 5.08. The van der Waals surface area contributed by atoms with E-state index < -0.39 is 58.4 Å². The number of hydrogen-bond donors (Lipinski definition) is 0. The first-order valence-electron chi connectivity index (χ1n) is 6.81. The van der Waals surface area contributed by atoms with Crippen molar-refractivity contribution in [1.82, 2.24) is 0 Å². The Morgan fingerprint density at radius 2 is 1.04 bits per heavy atom. The third kappa shape index (κ3) is 9.86. The SMILES string of the molecule is O=S(=O)(C(CCCCl)CC(F)(F)F)C(CCCCl)CC(F)(F)F. The Labute approximate surface area is 141 Å². The van der Waals surface area contributed by atoms with Crippen LogP contribution in [-0.2, 0) is 9.84 Å². The van der Waals surface area contributed by atoms with Gasteiger partial charge in [-0.2, -0.15) is 26.3 Å². The van der Waals surface area contributed by atoms with Crippen molar-refractivity contribution in [2.75, 3.05) is 11.8 Å². The van der Waals surface area contributed by atoms with E-state index in [4.69, 9.17) is 23.2 Å². The van der Waals surface area contributed by atoms with E-state index >= 15 is 0 Å². The molecule has 11 heteroatoms. The molecular weight excluding hydrogens is 393 g/mol. The van der Waals surface area contributed by atoms with Gasteiger partial charge in [0, 0.05) is 11.8 Å². The fourth-order valence-corrected chi connectivity index (χ4v) is 4.85. The summed E-state index contributed by atoms with van der Waals surface area (Å²) in [7, 11) is -4.63. The molecule has 2 atom stereocenters. The summed E-state index contributed by atoms with van der Waals surface area (Å²) < 4.78 is 100. The molecule has 0 saturated carbocycles. The molecule has 0 heterocycles. The van der Waals surface area contributed by atoms with E-state index in [2.05, 4.69) is 0 Å². The summed E-state index contributed by atoms with van der Waals surface area (Å²) in [5.74, 6) is -0.148. The molecule has 0 aromatic carbocycles. The number of halogens is 8. The van der Waals surface area contributed by atoms with Crippen LogP contribution in [0, 0.1) is 0 Å². The molecule has 2 nitrogen and oxygen atoms in total. The topological polar surface area (TPSA) is 34.1 Å². The van der Waals surface area contributed by atoms with Gasteiger partial charge in [0.15, 0.2) is 9.84 Å². The molecule has 0 aliphatic carbocycles. The second-order valence-corrected chi connectivity index (χ2v) is 8.40. The highest BCUT2D eigenvalue weighted by Gasteiger charge is 2.45. The first kappa shape index (κ1) is 23.1. The van der Waals surface area contributed by atoms with E-state index in [-0.39, 0.29) is 24.6 Å². The number of alkyl halides is 8. The van der Waals surface area contributed by atoms with Crippen molar-refractivity contribution in [2.24, 2.45) is 0 Å². The third-order valence-electron chi connectivity index (χ3n) is 3.17. The summed E-state index contributed by atoms with van der Waals surface area (Å²) in [6.07, 6.45) is -13.9. The lowest BCUT2D eigenvalue weighted by Gasteiger charge is -2.26. The van der Waals surface area contributed by atoms with Gasteiger partial charge < -0.3 is 0 Å². The maximum atomic E-state index is 12.6. The van der Waals surface area contributed by atoms with Gasteiger partial charge in [-0.3, -0.25) is 0 Å².